The van der Waals surface area contributed by atoms with Crippen molar-refractivity contribution in [2.45, 2.75) is 58.1 Å². The third-order valence-corrected chi connectivity index (χ3v) is 3.36. The lowest BCUT2D eigenvalue weighted by Crippen LogP contribution is -2.52. The van der Waals surface area contributed by atoms with Gasteiger partial charge in [0, 0.05) is 25.2 Å². The van der Waals surface area contributed by atoms with Gasteiger partial charge in [-0.2, -0.15) is 0 Å². The molecule has 0 spiro atoms. The maximum absolute atomic E-state index is 12.2. The molecule has 2 amide bonds. The zero-order valence-corrected chi connectivity index (χ0v) is 12.6. The van der Waals surface area contributed by atoms with Gasteiger partial charge in [-0.05, 0) is 40.0 Å². The van der Waals surface area contributed by atoms with Crippen LogP contribution in [-0.2, 0) is 9.53 Å². The molecule has 0 aromatic rings. The minimum Gasteiger partial charge on any atom is -0.481 e. The molecule has 1 saturated heterocycles. The van der Waals surface area contributed by atoms with Crippen LogP contribution in [0.3, 0.4) is 0 Å². The number of carbonyl (C=O) groups excluding carboxylic acids is 1. The number of ether oxygens (including phenoxy) is 1. The largest absolute Gasteiger partial charge is 0.481 e. The maximum Gasteiger partial charge on any atom is 0.317 e. The summed E-state index contributed by atoms with van der Waals surface area (Å²) in [5.41, 5.74) is -0.410. The fourth-order valence-electron chi connectivity index (χ4n) is 2.21. The Bertz CT molecular complexity index is 333. The van der Waals surface area contributed by atoms with Crippen LogP contribution in [0.1, 0.15) is 46.5 Å². The second-order valence-corrected chi connectivity index (χ2v) is 6.14. The van der Waals surface area contributed by atoms with Crippen molar-refractivity contribution in [3.05, 3.63) is 0 Å². The van der Waals surface area contributed by atoms with Crippen LogP contribution >= 0.6 is 0 Å². The summed E-state index contributed by atoms with van der Waals surface area (Å²) >= 11 is 0. The van der Waals surface area contributed by atoms with E-state index >= 15 is 0 Å². The van der Waals surface area contributed by atoms with Crippen LogP contribution in [0.4, 0.5) is 4.79 Å². The number of hydrogen-bond acceptors (Lipinski definition) is 3. The molecule has 1 aliphatic heterocycles. The van der Waals surface area contributed by atoms with Crippen LogP contribution in [0.2, 0.25) is 0 Å². The number of urea groups is 1. The van der Waals surface area contributed by atoms with Gasteiger partial charge in [-0.1, -0.05) is 0 Å². The molecule has 0 aromatic heterocycles. The summed E-state index contributed by atoms with van der Waals surface area (Å²) in [4.78, 5) is 24.5. The molecule has 0 saturated carbocycles. The van der Waals surface area contributed by atoms with Crippen LogP contribution < -0.4 is 5.32 Å². The Morgan fingerprint density at radius 1 is 1.35 bits per heavy atom. The fourth-order valence-corrected chi connectivity index (χ4v) is 2.21. The molecule has 1 aliphatic rings. The van der Waals surface area contributed by atoms with Crippen molar-refractivity contribution in [3.63, 3.8) is 0 Å². The van der Waals surface area contributed by atoms with E-state index in [2.05, 4.69) is 5.32 Å². The molecule has 1 heterocycles. The van der Waals surface area contributed by atoms with Crippen molar-refractivity contribution in [1.82, 2.24) is 10.2 Å². The van der Waals surface area contributed by atoms with Gasteiger partial charge in [-0.3, -0.25) is 4.79 Å². The van der Waals surface area contributed by atoms with E-state index in [4.69, 9.17) is 9.84 Å². The lowest BCUT2D eigenvalue weighted by molar-refractivity contribution is -0.137. The van der Waals surface area contributed by atoms with E-state index in [1.54, 1.807) is 4.90 Å². The molecule has 1 unspecified atom stereocenters. The number of amides is 2. The quantitative estimate of drug-likeness (QED) is 0.808. The first-order chi connectivity index (χ1) is 9.30. The molecular formula is C14H26N2O4. The molecule has 1 atom stereocenters. The number of nitrogens with one attached hydrogen (secondary N) is 1. The molecule has 6 heteroatoms. The van der Waals surface area contributed by atoms with Crippen LogP contribution in [-0.4, -0.2) is 53.3 Å². The van der Waals surface area contributed by atoms with Gasteiger partial charge in [0.1, 0.15) is 0 Å². The SMILES string of the molecule is CC(C)(C)N(CCC(=O)O)C(=O)NCC1CCCCO1. The summed E-state index contributed by atoms with van der Waals surface area (Å²) in [6, 6.07) is -0.229. The topological polar surface area (TPSA) is 78.9 Å². The Balaban J connectivity index is 2.47. The van der Waals surface area contributed by atoms with Crippen molar-refractivity contribution in [2.24, 2.45) is 0 Å². The van der Waals surface area contributed by atoms with Crippen LogP contribution in [0.15, 0.2) is 0 Å². The number of carbonyl (C=O) groups is 2. The van der Waals surface area contributed by atoms with E-state index < -0.39 is 11.5 Å². The number of aliphatic carboxylic acids is 1. The van der Waals surface area contributed by atoms with Gasteiger partial charge in [-0.25, -0.2) is 4.79 Å². The Labute approximate surface area is 120 Å². The first-order valence-corrected chi connectivity index (χ1v) is 7.19. The van der Waals surface area contributed by atoms with Crippen LogP contribution in [0.5, 0.6) is 0 Å². The summed E-state index contributed by atoms with van der Waals surface area (Å²) in [7, 11) is 0. The minimum atomic E-state index is -0.900. The predicted molar refractivity (Wildman–Crippen MR) is 75.7 cm³/mol. The highest BCUT2D eigenvalue weighted by atomic mass is 16.5. The Kier molecular flexibility index (Phi) is 6.26. The predicted octanol–water partition coefficient (Wildman–Crippen LogP) is 1.84. The molecule has 0 aromatic carbocycles. The smallest absolute Gasteiger partial charge is 0.317 e. The normalized spacial score (nSPS) is 19.4. The maximum atomic E-state index is 12.2. The average Bonchev–Trinajstić information content (AvgIpc) is 2.35. The summed E-state index contributed by atoms with van der Waals surface area (Å²) in [5.74, 6) is -0.900. The van der Waals surface area contributed by atoms with Gasteiger partial charge in [0.2, 0.25) is 0 Å². The van der Waals surface area contributed by atoms with Crippen LogP contribution in [0, 0.1) is 0 Å². The van der Waals surface area contributed by atoms with E-state index in [0.717, 1.165) is 25.9 Å². The van der Waals surface area contributed by atoms with E-state index in [9.17, 15) is 9.59 Å². The molecule has 116 valence electrons. The monoisotopic (exact) mass is 286 g/mol. The number of nitrogens with zero attached hydrogens (tertiary/aromatic N) is 1. The molecule has 20 heavy (non-hydrogen) atoms. The molecule has 0 bridgehead atoms. The lowest BCUT2D eigenvalue weighted by Gasteiger charge is -2.36. The second-order valence-electron chi connectivity index (χ2n) is 6.14. The highest BCUT2D eigenvalue weighted by Gasteiger charge is 2.27. The second kappa shape index (κ2) is 7.47. The number of carboxylic acids is 1. The summed E-state index contributed by atoms with van der Waals surface area (Å²) in [5, 5.41) is 11.6. The highest BCUT2D eigenvalue weighted by Crippen LogP contribution is 2.15. The van der Waals surface area contributed by atoms with Gasteiger partial charge in [-0.15, -0.1) is 0 Å². The van der Waals surface area contributed by atoms with Gasteiger partial charge in [0.15, 0.2) is 0 Å². The number of carboxylic acid groups (broad SMARTS) is 1. The van der Waals surface area contributed by atoms with Crippen molar-refractivity contribution in [2.75, 3.05) is 19.7 Å². The van der Waals surface area contributed by atoms with E-state index in [0.29, 0.717) is 6.54 Å². The molecule has 1 fully saturated rings. The summed E-state index contributed by atoms with van der Waals surface area (Å²) in [6.07, 6.45) is 3.20. The molecule has 6 nitrogen and oxygen atoms in total. The third-order valence-electron chi connectivity index (χ3n) is 3.36. The van der Waals surface area contributed by atoms with Gasteiger partial charge < -0.3 is 20.1 Å². The Hall–Kier alpha value is -1.30. The van der Waals surface area contributed by atoms with Crippen molar-refractivity contribution in [3.8, 4) is 0 Å². The van der Waals surface area contributed by atoms with Gasteiger partial charge in [0.05, 0.1) is 12.5 Å². The zero-order valence-electron chi connectivity index (χ0n) is 12.6. The number of hydrogen-bond donors (Lipinski definition) is 2. The fraction of sp³-hybridized carbons (Fsp3) is 0.857. The molecule has 1 rings (SSSR count). The van der Waals surface area contributed by atoms with Crippen molar-refractivity contribution in [1.29, 1.82) is 0 Å². The standard InChI is InChI=1S/C14H26N2O4/c1-14(2,3)16(8-7-12(17)18)13(19)15-10-11-6-4-5-9-20-11/h11H,4-10H2,1-3H3,(H,15,19)(H,17,18). The summed E-state index contributed by atoms with van der Waals surface area (Å²) in [6.45, 7) is 7.12. The van der Waals surface area contributed by atoms with E-state index in [1.165, 1.54) is 0 Å². The van der Waals surface area contributed by atoms with E-state index in [-0.39, 0.29) is 25.1 Å². The lowest BCUT2D eigenvalue weighted by atomic mass is 10.1. The van der Waals surface area contributed by atoms with Crippen molar-refractivity contribution < 1.29 is 19.4 Å². The van der Waals surface area contributed by atoms with Gasteiger partial charge in [0.25, 0.3) is 0 Å². The molecular weight excluding hydrogens is 260 g/mol. The third kappa shape index (κ3) is 5.77. The molecule has 0 aliphatic carbocycles. The molecule has 0 radical (unpaired) electrons. The Morgan fingerprint density at radius 2 is 2.05 bits per heavy atom. The number of rotatable bonds is 5. The highest BCUT2D eigenvalue weighted by molar-refractivity contribution is 5.76. The Morgan fingerprint density at radius 3 is 2.55 bits per heavy atom. The zero-order chi connectivity index (χ0) is 15.2. The van der Waals surface area contributed by atoms with Gasteiger partial charge >= 0.3 is 12.0 Å². The summed E-state index contributed by atoms with van der Waals surface area (Å²) < 4.78 is 5.56. The first kappa shape index (κ1) is 16.8. The van der Waals surface area contributed by atoms with Crippen molar-refractivity contribution >= 4 is 12.0 Å². The van der Waals surface area contributed by atoms with E-state index in [1.807, 2.05) is 20.8 Å². The minimum absolute atomic E-state index is 0.0510. The average molecular weight is 286 g/mol. The molecule has 2 N–H and O–H groups in total. The van der Waals surface area contributed by atoms with Crippen LogP contribution in [0.25, 0.3) is 0 Å². The first-order valence-electron chi connectivity index (χ1n) is 7.19.